The summed E-state index contributed by atoms with van der Waals surface area (Å²) in [5.74, 6) is 0. The minimum atomic E-state index is 0.964. The predicted octanol–water partition coefficient (Wildman–Crippen LogP) is 3.84. The second-order valence-electron chi connectivity index (χ2n) is 3.14. The lowest BCUT2D eigenvalue weighted by Gasteiger charge is -2.04. The van der Waals surface area contributed by atoms with Crippen LogP contribution in [-0.4, -0.2) is 0 Å². The van der Waals surface area contributed by atoms with Crippen molar-refractivity contribution in [3.05, 3.63) is 34.9 Å². The van der Waals surface area contributed by atoms with Gasteiger partial charge >= 0.3 is 0 Å². The Balaban J connectivity index is 2.86. The van der Waals surface area contributed by atoms with Crippen LogP contribution >= 0.6 is 15.9 Å². The molecule has 0 N–H and O–H groups in total. The molecule has 0 atom stereocenters. The number of hydrogen-bond donors (Lipinski definition) is 0. The molecule has 0 bridgehead atoms. The minimum absolute atomic E-state index is 0.964. The van der Waals surface area contributed by atoms with Gasteiger partial charge in [0, 0.05) is 5.33 Å². The van der Waals surface area contributed by atoms with Crippen LogP contribution in [0.1, 0.15) is 30.0 Å². The first-order valence-corrected chi connectivity index (χ1v) is 5.54. The molecule has 1 heteroatoms. The molecule has 0 radical (unpaired) electrons. The van der Waals surface area contributed by atoms with Crippen LogP contribution in [0.25, 0.3) is 0 Å². The molecular weight excluding hydrogens is 212 g/mol. The molecule has 0 amide bonds. The third kappa shape index (κ3) is 2.34. The van der Waals surface area contributed by atoms with E-state index in [-0.39, 0.29) is 0 Å². The van der Waals surface area contributed by atoms with Crippen LogP contribution in [0, 0.1) is 6.92 Å². The summed E-state index contributed by atoms with van der Waals surface area (Å²) in [5.41, 5.74) is 4.26. The Morgan fingerprint density at radius 2 is 2.08 bits per heavy atom. The first-order valence-electron chi connectivity index (χ1n) is 4.42. The largest absolute Gasteiger partial charge is 0.0876 e. The molecule has 0 spiro atoms. The van der Waals surface area contributed by atoms with Crippen molar-refractivity contribution in [1.29, 1.82) is 0 Å². The lowest BCUT2D eigenvalue weighted by atomic mass is 10.0. The highest BCUT2D eigenvalue weighted by molar-refractivity contribution is 9.08. The van der Waals surface area contributed by atoms with Crippen LogP contribution in [0.15, 0.2) is 18.2 Å². The Kier molecular flexibility index (Phi) is 3.80. The van der Waals surface area contributed by atoms with Gasteiger partial charge in [0.1, 0.15) is 0 Å². The van der Waals surface area contributed by atoms with Crippen molar-refractivity contribution < 1.29 is 0 Å². The summed E-state index contributed by atoms with van der Waals surface area (Å²) in [6.45, 7) is 4.39. The summed E-state index contributed by atoms with van der Waals surface area (Å²) in [6, 6.07) is 6.74. The van der Waals surface area contributed by atoms with E-state index in [2.05, 4.69) is 48.0 Å². The summed E-state index contributed by atoms with van der Waals surface area (Å²) >= 11 is 3.47. The maximum atomic E-state index is 3.47. The number of alkyl halides is 1. The molecule has 0 unspecified atom stereocenters. The van der Waals surface area contributed by atoms with E-state index < -0.39 is 0 Å². The van der Waals surface area contributed by atoms with Gasteiger partial charge in [-0.1, -0.05) is 47.5 Å². The SMILES string of the molecule is CCCc1ccc(CBr)c(C)c1. The first-order chi connectivity index (χ1) is 5.77. The molecule has 0 nitrogen and oxygen atoms in total. The van der Waals surface area contributed by atoms with E-state index in [4.69, 9.17) is 0 Å². The van der Waals surface area contributed by atoms with E-state index >= 15 is 0 Å². The second-order valence-corrected chi connectivity index (χ2v) is 3.71. The van der Waals surface area contributed by atoms with Crippen LogP contribution in [0.4, 0.5) is 0 Å². The van der Waals surface area contributed by atoms with Gasteiger partial charge in [0.15, 0.2) is 0 Å². The topological polar surface area (TPSA) is 0 Å². The lowest BCUT2D eigenvalue weighted by molar-refractivity contribution is 0.919. The molecule has 0 aromatic heterocycles. The maximum absolute atomic E-state index is 3.47. The normalized spacial score (nSPS) is 10.2. The maximum Gasteiger partial charge on any atom is 0.0285 e. The van der Waals surface area contributed by atoms with E-state index in [1.54, 1.807) is 0 Å². The van der Waals surface area contributed by atoms with E-state index in [1.807, 2.05) is 0 Å². The van der Waals surface area contributed by atoms with E-state index in [1.165, 1.54) is 29.5 Å². The highest BCUT2D eigenvalue weighted by Gasteiger charge is 1.97. The molecule has 12 heavy (non-hydrogen) atoms. The van der Waals surface area contributed by atoms with Crippen LogP contribution in [0.3, 0.4) is 0 Å². The smallest absolute Gasteiger partial charge is 0.0285 e. The van der Waals surface area contributed by atoms with Crippen molar-refractivity contribution in [2.75, 3.05) is 0 Å². The molecule has 0 saturated carbocycles. The summed E-state index contributed by atoms with van der Waals surface area (Å²) in [7, 11) is 0. The quantitative estimate of drug-likeness (QED) is 0.688. The van der Waals surface area contributed by atoms with E-state index in [0.717, 1.165) is 5.33 Å². The Morgan fingerprint density at radius 1 is 1.33 bits per heavy atom. The predicted molar refractivity (Wildman–Crippen MR) is 57.8 cm³/mol. The van der Waals surface area contributed by atoms with Gasteiger partial charge in [-0.15, -0.1) is 0 Å². The van der Waals surface area contributed by atoms with Gasteiger partial charge in [0.25, 0.3) is 0 Å². The first kappa shape index (κ1) is 9.79. The third-order valence-electron chi connectivity index (χ3n) is 2.09. The highest BCUT2D eigenvalue weighted by Crippen LogP contribution is 2.14. The molecule has 1 aromatic rings. The van der Waals surface area contributed by atoms with Crippen LogP contribution < -0.4 is 0 Å². The summed E-state index contributed by atoms with van der Waals surface area (Å²) in [6.07, 6.45) is 2.43. The average Bonchev–Trinajstić information content (AvgIpc) is 2.05. The molecule has 0 aliphatic carbocycles. The van der Waals surface area contributed by atoms with Gasteiger partial charge in [-0.2, -0.15) is 0 Å². The van der Waals surface area contributed by atoms with Crippen molar-refractivity contribution in [3.63, 3.8) is 0 Å². The fourth-order valence-corrected chi connectivity index (χ4v) is 1.98. The molecule has 0 fully saturated rings. The van der Waals surface area contributed by atoms with Crippen LogP contribution in [-0.2, 0) is 11.8 Å². The van der Waals surface area contributed by atoms with Gasteiger partial charge in [-0.05, 0) is 30.0 Å². The molecule has 1 rings (SSSR count). The zero-order valence-corrected chi connectivity index (χ0v) is 9.32. The monoisotopic (exact) mass is 226 g/mol. The molecule has 0 heterocycles. The average molecular weight is 227 g/mol. The Bertz CT molecular complexity index is 253. The number of benzene rings is 1. The lowest BCUT2D eigenvalue weighted by Crippen LogP contribution is -1.88. The molecule has 66 valence electrons. The zero-order chi connectivity index (χ0) is 8.97. The van der Waals surface area contributed by atoms with E-state index in [9.17, 15) is 0 Å². The summed E-state index contributed by atoms with van der Waals surface area (Å²) < 4.78 is 0. The van der Waals surface area contributed by atoms with E-state index in [0.29, 0.717) is 0 Å². The number of rotatable bonds is 3. The minimum Gasteiger partial charge on any atom is -0.0876 e. The third-order valence-corrected chi connectivity index (χ3v) is 2.69. The summed E-state index contributed by atoms with van der Waals surface area (Å²) in [4.78, 5) is 0. The number of hydrogen-bond acceptors (Lipinski definition) is 0. The highest BCUT2D eigenvalue weighted by atomic mass is 79.9. The molecule has 0 aliphatic rings. The van der Waals surface area contributed by atoms with Gasteiger partial charge in [-0.3, -0.25) is 0 Å². The molecule has 0 saturated heterocycles. The second kappa shape index (κ2) is 4.66. The summed E-state index contributed by atoms with van der Waals surface area (Å²) in [5, 5.41) is 0.964. The standard InChI is InChI=1S/C11H15Br/c1-3-4-10-5-6-11(8-12)9(2)7-10/h5-7H,3-4,8H2,1-2H3. The van der Waals surface area contributed by atoms with Crippen molar-refractivity contribution in [2.45, 2.75) is 32.0 Å². The number of aryl methyl sites for hydroxylation is 2. The van der Waals surface area contributed by atoms with Gasteiger partial charge < -0.3 is 0 Å². The Labute approximate surface area is 83.1 Å². The van der Waals surface area contributed by atoms with Gasteiger partial charge in [0.2, 0.25) is 0 Å². The Hall–Kier alpha value is -0.300. The fraction of sp³-hybridized carbons (Fsp3) is 0.455. The van der Waals surface area contributed by atoms with Gasteiger partial charge in [0.05, 0.1) is 0 Å². The van der Waals surface area contributed by atoms with Crippen molar-refractivity contribution in [3.8, 4) is 0 Å². The van der Waals surface area contributed by atoms with Crippen molar-refractivity contribution >= 4 is 15.9 Å². The fourth-order valence-electron chi connectivity index (χ4n) is 1.35. The Morgan fingerprint density at radius 3 is 2.58 bits per heavy atom. The number of halogens is 1. The van der Waals surface area contributed by atoms with Crippen LogP contribution in [0.5, 0.6) is 0 Å². The zero-order valence-electron chi connectivity index (χ0n) is 7.73. The molecule has 1 aromatic carbocycles. The van der Waals surface area contributed by atoms with Crippen LogP contribution in [0.2, 0.25) is 0 Å². The molecule has 0 aliphatic heterocycles. The van der Waals surface area contributed by atoms with Gasteiger partial charge in [-0.25, -0.2) is 0 Å². The molecular formula is C11H15Br. The van der Waals surface area contributed by atoms with Crippen molar-refractivity contribution in [2.24, 2.45) is 0 Å². The van der Waals surface area contributed by atoms with Crippen molar-refractivity contribution in [1.82, 2.24) is 0 Å².